The van der Waals surface area contributed by atoms with E-state index in [1.807, 2.05) is 0 Å². The summed E-state index contributed by atoms with van der Waals surface area (Å²) in [6.45, 7) is 4.30. The Kier molecular flexibility index (Phi) is 2.73. The molecule has 94 valence electrons. The third-order valence-electron chi connectivity index (χ3n) is 4.09. The maximum atomic E-state index is 6.43. The molecular weight excluding hydrogens is 220 g/mol. The lowest BCUT2D eigenvalue weighted by Gasteiger charge is -2.09. The number of aromatic nitrogens is 1. The second kappa shape index (κ2) is 4.27. The van der Waals surface area contributed by atoms with Crippen molar-refractivity contribution in [3.05, 3.63) is 34.5 Å². The normalized spacial score (nSPS) is 15.4. The van der Waals surface area contributed by atoms with Gasteiger partial charge in [-0.1, -0.05) is 6.42 Å². The lowest BCUT2D eigenvalue weighted by molar-refractivity contribution is -0.358. The SMILES string of the molecule is Cc1cc(C)c2[nH+]c3c(c(N)c2c1)CCCCC3. The van der Waals surface area contributed by atoms with Crippen LogP contribution in [-0.4, -0.2) is 0 Å². The molecule has 1 aromatic carbocycles. The zero-order valence-electron chi connectivity index (χ0n) is 11.3. The quantitative estimate of drug-likeness (QED) is 0.707. The van der Waals surface area contributed by atoms with Gasteiger partial charge in [-0.25, -0.2) is 4.98 Å². The number of hydrogen-bond donors (Lipinski definition) is 1. The van der Waals surface area contributed by atoms with Crippen molar-refractivity contribution in [1.82, 2.24) is 0 Å². The van der Waals surface area contributed by atoms with E-state index in [4.69, 9.17) is 5.73 Å². The van der Waals surface area contributed by atoms with Crippen molar-refractivity contribution in [1.29, 1.82) is 0 Å². The maximum Gasteiger partial charge on any atom is 0.216 e. The fourth-order valence-corrected chi connectivity index (χ4v) is 3.18. The first kappa shape index (κ1) is 11.5. The van der Waals surface area contributed by atoms with E-state index in [0.717, 1.165) is 18.5 Å². The predicted octanol–water partition coefficient (Wildman–Crippen LogP) is 3.12. The number of H-pyrrole nitrogens is 1. The number of hydrogen-bond acceptors (Lipinski definition) is 1. The molecule has 1 aliphatic rings. The molecule has 0 atom stereocenters. The van der Waals surface area contributed by atoms with E-state index in [0.29, 0.717) is 0 Å². The van der Waals surface area contributed by atoms with Gasteiger partial charge in [0.2, 0.25) is 5.52 Å². The lowest BCUT2D eigenvalue weighted by Crippen LogP contribution is -2.18. The van der Waals surface area contributed by atoms with Gasteiger partial charge in [0.25, 0.3) is 0 Å². The van der Waals surface area contributed by atoms with Crippen LogP contribution in [0.2, 0.25) is 0 Å². The van der Waals surface area contributed by atoms with Crippen molar-refractivity contribution in [2.75, 3.05) is 5.73 Å². The molecule has 0 bridgehead atoms. The summed E-state index contributed by atoms with van der Waals surface area (Å²) < 4.78 is 0. The Bertz CT molecular complexity index is 614. The van der Waals surface area contributed by atoms with Crippen molar-refractivity contribution in [2.45, 2.75) is 46.0 Å². The van der Waals surface area contributed by atoms with E-state index >= 15 is 0 Å². The van der Waals surface area contributed by atoms with Crippen molar-refractivity contribution in [3.8, 4) is 0 Å². The molecule has 0 amide bonds. The summed E-state index contributed by atoms with van der Waals surface area (Å²) in [6, 6.07) is 4.43. The molecule has 3 N–H and O–H groups in total. The number of aromatic amines is 1. The van der Waals surface area contributed by atoms with Crippen molar-refractivity contribution in [2.24, 2.45) is 0 Å². The summed E-state index contributed by atoms with van der Waals surface area (Å²) >= 11 is 0. The van der Waals surface area contributed by atoms with Gasteiger partial charge in [-0.05, 0) is 50.8 Å². The first-order valence-electron chi connectivity index (χ1n) is 6.90. The molecule has 0 radical (unpaired) electrons. The number of benzene rings is 1. The van der Waals surface area contributed by atoms with E-state index in [1.54, 1.807) is 0 Å². The molecule has 1 aliphatic carbocycles. The molecule has 1 heterocycles. The van der Waals surface area contributed by atoms with Crippen LogP contribution in [0.5, 0.6) is 0 Å². The van der Waals surface area contributed by atoms with Crippen LogP contribution in [0, 0.1) is 13.8 Å². The van der Waals surface area contributed by atoms with Gasteiger partial charge in [0.15, 0.2) is 5.69 Å². The van der Waals surface area contributed by atoms with Crippen LogP contribution in [0.3, 0.4) is 0 Å². The predicted molar refractivity (Wildman–Crippen MR) is 75.6 cm³/mol. The van der Waals surface area contributed by atoms with Crippen LogP contribution >= 0.6 is 0 Å². The summed E-state index contributed by atoms with van der Waals surface area (Å²) in [7, 11) is 0. The van der Waals surface area contributed by atoms with Crippen molar-refractivity contribution in [3.63, 3.8) is 0 Å². The number of anilines is 1. The highest BCUT2D eigenvalue weighted by Gasteiger charge is 2.21. The molecule has 0 aliphatic heterocycles. The molecule has 2 heteroatoms. The van der Waals surface area contributed by atoms with E-state index in [2.05, 4.69) is 31.0 Å². The highest BCUT2D eigenvalue weighted by atomic mass is 14.7. The molecule has 0 saturated heterocycles. The number of fused-ring (bicyclic) bond motifs is 2. The van der Waals surface area contributed by atoms with Gasteiger partial charge in [-0.3, -0.25) is 0 Å². The summed E-state index contributed by atoms with van der Waals surface area (Å²) in [4.78, 5) is 3.64. The molecule has 0 saturated carbocycles. The number of pyridine rings is 1. The Labute approximate surface area is 108 Å². The zero-order chi connectivity index (χ0) is 12.7. The minimum Gasteiger partial charge on any atom is -0.398 e. The van der Waals surface area contributed by atoms with Crippen molar-refractivity contribution < 1.29 is 4.98 Å². The number of nitrogens with two attached hydrogens (primary N) is 1. The molecule has 18 heavy (non-hydrogen) atoms. The molecule has 0 spiro atoms. The van der Waals surface area contributed by atoms with Crippen LogP contribution in [0.15, 0.2) is 12.1 Å². The van der Waals surface area contributed by atoms with Gasteiger partial charge in [0.1, 0.15) is 0 Å². The monoisotopic (exact) mass is 241 g/mol. The van der Waals surface area contributed by atoms with E-state index < -0.39 is 0 Å². The van der Waals surface area contributed by atoms with Gasteiger partial charge in [-0.15, -0.1) is 0 Å². The third-order valence-corrected chi connectivity index (χ3v) is 4.09. The lowest BCUT2D eigenvalue weighted by atomic mass is 9.99. The average molecular weight is 241 g/mol. The number of nitrogen functional groups attached to an aromatic ring is 1. The van der Waals surface area contributed by atoms with E-state index in [-0.39, 0.29) is 0 Å². The van der Waals surface area contributed by atoms with Gasteiger partial charge < -0.3 is 5.73 Å². The summed E-state index contributed by atoms with van der Waals surface area (Å²) in [5.74, 6) is 0. The highest BCUT2D eigenvalue weighted by molar-refractivity contribution is 5.92. The topological polar surface area (TPSA) is 40.2 Å². The minimum atomic E-state index is 1.01. The zero-order valence-corrected chi connectivity index (χ0v) is 11.3. The largest absolute Gasteiger partial charge is 0.398 e. The Balaban J connectivity index is 2.34. The molecule has 0 fully saturated rings. The molecule has 2 nitrogen and oxygen atoms in total. The molecule has 3 rings (SSSR count). The first-order chi connectivity index (χ1) is 8.66. The van der Waals surface area contributed by atoms with Gasteiger partial charge in [0, 0.05) is 17.5 Å². The Morgan fingerprint density at radius 1 is 1.06 bits per heavy atom. The van der Waals surface area contributed by atoms with Crippen LogP contribution in [-0.2, 0) is 12.8 Å². The van der Waals surface area contributed by atoms with E-state index in [9.17, 15) is 0 Å². The smallest absolute Gasteiger partial charge is 0.216 e. The Morgan fingerprint density at radius 2 is 1.83 bits per heavy atom. The average Bonchev–Trinajstić information content (AvgIpc) is 2.56. The molecule has 1 aromatic heterocycles. The first-order valence-corrected chi connectivity index (χ1v) is 6.90. The fourth-order valence-electron chi connectivity index (χ4n) is 3.18. The molecule has 0 unspecified atom stereocenters. The summed E-state index contributed by atoms with van der Waals surface area (Å²) in [6.07, 6.45) is 6.13. The van der Waals surface area contributed by atoms with Gasteiger partial charge in [-0.2, -0.15) is 0 Å². The maximum absolute atomic E-state index is 6.43. The number of rotatable bonds is 0. The van der Waals surface area contributed by atoms with E-state index in [1.165, 1.54) is 52.5 Å². The second-order valence-electron chi connectivity index (χ2n) is 5.56. The number of aryl methyl sites for hydroxylation is 3. The van der Waals surface area contributed by atoms with Crippen LogP contribution in [0.1, 0.15) is 41.6 Å². The summed E-state index contributed by atoms with van der Waals surface area (Å²) in [5.41, 5.74) is 14.0. The number of nitrogens with one attached hydrogen (secondary N) is 1. The van der Waals surface area contributed by atoms with Crippen LogP contribution < -0.4 is 10.7 Å². The molecular formula is C16H21N2+. The van der Waals surface area contributed by atoms with Gasteiger partial charge >= 0.3 is 0 Å². The standard InChI is InChI=1S/C16H20N2/c1-10-8-11(2)16-13(9-10)15(17)12-6-4-3-5-7-14(12)18-16/h8-9H,3-7H2,1-2H3,(H2,17,18)/p+1. The van der Waals surface area contributed by atoms with Crippen LogP contribution in [0.25, 0.3) is 10.9 Å². The third kappa shape index (κ3) is 1.76. The minimum absolute atomic E-state index is 1.01. The fraction of sp³-hybridized carbons (Fsp3) is 0.438. The van der Waals surface area contributed by atoms with Crippen molar-refractivity contribution >= 4 is 16.6 Å². The second-order valence-corrected chi connectivity index (χ2v) is 5.56. The Hall–Kier alpha value is -1.57. The van der Waals surface area contributed by atoms with Gasteiger partial charge in [0.05, 0.1) is 11.1 Å². The Morgan fingerprint density at radius 3 is 2.67 bits per heavy atom. The highest BCUT2D eigenvalue weighted by Crippen LogP contribution is 2.30. The van der Waals surface area contributed by atoms with Crippen LogP contribution in [0.4, 0.5) is 5.69 Å². The summed E-state index contributed by atoms with van der Waals surface area (Å²) in [5, 5.41) is 1.20. The molecule has 2 aromatic rings.